The average molecular weight is 307 g/mol. The minimum absolute atomic E-state index is 0.0468. The van der Waals surface area contributed by atoms with Crippen LogP contribution in [0.4, 0.5) is 4.79 Å². The number of carbonyl (C=O) groups excluding carboxylic acids is 2. The van der Waals surface area contributed by atoms with Crippen LogP contribution in [0.5, 0.6) is 0 Å². The number of amides is 3. The van der Waals surface area contributed by atoms with Crippen LogP contribution in [-0.4, -0.2) is 48.9 Å². The van der Waals surface area contributed by atoms with Gasteiger partial charge in [0.15, 0.2) is 0 Å². The lowest BCUT2D eigenvalue weighted by atomic mass is 10.0. The maximum absolute atomic E-state index is 12.3. The van der Waals surface area contributed by atoms with Crippen molar-refractivity contribution >= 4 is 23.3 Å². The molecule has 0 radical (unpaired) electrons. The van der Waals surface area contributed by atoms with Gasteiger partial charge < -0.3 is 15.1 Å². The Morgan fingerprint density at radius 3 is 3.00 bits per heavy atom. The minimum Gasteiger partial charge on any atom is -0.351 e. The van der Waals surface area contributed by atoms with Gasteiger partial charge in [0.05, 0.1) is 6.54 Å². The lowest BCUT2D eigenvalue weighted by Gasteiger charge is -2.21. The number of hydrogen-bond acceptors (Lipinski definition) is 3. The smallest absolute Gasteiger partial charge is 0.319 e. The van der Waals surface area contributed by atoms with Crippen molar-refractivity contribution < 1.29 is 9.59 Å². The summed E-state index contributed by atoms with van der Waals surface area (Å²) in [6.07, 6.45) is 1.87. The first-order valence-corrected chi connectivity index (χ1v) is 8.16. The van der Waals surface area contributed by atoms with Crippen LogP contribution in [0.3, 0.4) is 0 Å². The fourth-order valence-corrected chi connectivity index (χ4v) is 3.87. The summed E-state index contributed by atoms with van der Waals surface area (Å²) >= 11 is 1.66. The Bertz CT molecular complexity index is 543. The molecule has 2 aliphatic rings. The summed E-state index contributed by atoms with van der Waals surface area (Å²) < 4.78 is 0. The third-order valence-electron chi connectivity index (χ3n) is 4.56. The van der Waals surface area contributed by atoms with Crippen molar-refractivity contribution in [2.45, 2.75) is 19.4 Å². The number of urea groups is 1. The van der Waals surface area contributed by atoms with Crippen LogP contribution in [0.2, 0.25) is 0 Å². The molecule has 0 unspecified atom stereocenters. The summed E-state index contributed by atoms with van der Waals surface area (Å²) in [6, 6.07) is 4.07. The molecule has 6 heteroatoms. The van der Waals surface area contributed by atoms with Crippen LogP contribution in [-0.2, 0) is 11.3 Å². The van der Waals surface area contributed by atoms with Gasteiger partial charge in [-0.2, -0.15) is 0 Å². The Labute approximate surface area is 128 Å². The highest BCUT2D eigenvalue weighted by atomic mass is 32.1. The van der Waals surface area contributed by atoms with Gasteiger partial charge in [0.1, 0.15) is 0 Å². The van der Waals surface area contributed by atoms with Gasteiger partial charge in [0, 0.05) is 43.4 Å². The number of nitrogens with one attached hydrogen (secondary N) is 1. The normalized spacial score (nSPS) is 27.0. The third kappa shape index (κ3) is 2.77. The molecule has 21 heavy (non-hydrogen) atoms. The maximum Gasteiger partial charge on any atom is 0.319 e. The molecular formula is C15H21N3O2S. The topological polar surface area (TPSA) is 52.7 Å². The molecule has 0 aromatic carbocycles. The van der Waals surface area contributed by atoms with Gasteiger partial charge >= 0.3 is 6.03 Å². The fourth-order valence-electron chi connectivity index (χ4n) is 3.22. The molecule has 1 saturated heterocycles. The molecule has 2 atom stereocenters. The molecule has 2 heterocycles. The molecule has 114 valence electrons. The number of thiophene rings is 1. The van der Waals surface area contributed by atoms with E-state index in [-0.39, 0.29) is 23.3 Å². The highest BCUT2D eigenvalue weighted by Crippen LogP contribution is 2.58. The van der Waals surface area contributed by atoms with E-state index >= 15 is 0 Å². The zero-order valence-electron chi connectivity index (χ0n) is 12.5. The van der Waals surface area contributed by atoms with E-state index in [1.165, 1.54) is 4.88 Å². The van der Waals surface area contributed by atoms with Crippen LogP contribution in [0.1, 0.15) is 17.7 Å². The second kappa shape index (κ2) is 5.33. The van der Waals surface area contributed by atoms with Crippen LogP contribution in [0.15, 0.2) is 17.5 Å². The molecule has 1 aromatic heterocycles. The van der Waals surface area contributed by atoms with Crippen molar-refractivity contribution in [2.75, 3.05) is 27.2 Å². The summed E-state index contributed by atoms with van der Waals surface area (Å²) in [4.78, 5) is 28.9. The van der Waals surface area contributed by atoms with Crippen molar-refractivity contribution in [3.63, 3.8) is 0 Å². The molecule has 1 N–H and O–H groups in total. The molecule has 2 fully saturated rings. The van der Waals surface area contributed by atoms with Crippen molar-refractivity contribution in [1.82, 2.24) is 15.1 Å². The molecule has 0 bridgehead atoms. The summed E-state index contributed by atoms with van der Waals surface area (Å²) in [6.45, 7) is 2.11. The van der Waals surface area contributed by atoms with Crippen LogP contribution in [0.25, 0.3) is 0 Å². The van der Waals surface area contributed by atoms with Crippen molar-refractivity contribution in [2.24, 2.45) is 11.3 Å². The Balaban J connectivity index is 1.51. The number of nitrogens with zero attached hydrogens (tertiary/aromatic N) is 2. The second-order valence-corrected chi connectivity index (χ2v) is 7.30. The largest absolute Gasteiger partial charge is 0.351 e. The predicted molar refractivity (Wildman–Crippen MR) is 82.0 cm³/mol. The third-order valence-corrected chi connectivity index (χ3v) is 5.44. The fraction of sp³-hybridized carbons (Fsp3) is 0.600. The first kappa shape index (κ1) is 14.4. The van der Waals surface area contributed by atoms with E-state index in [4.69, 9.17) is 0 Å². The Kier molecular flexibility index (Phi) is 3.65. The highest BCUT2D eigenvalue weighted by Gasteiger charge is 2.61. The quantitative estimate of drug-likeness (QED) is 0.925. The van der Waals surface area contributed by atoms with Crippen LogP contribution >= 0.6 is 11.3 Å². The van der Waals surface area contributed by atoms with E-state index in [2.05, 4.69) is 5.32 Å². The highest BCUT2D eigenvalue weighted by molar-refractivity contribution is 7.09. The second-order valence-electron chi connectivity index (χ2n) is 6.26. The lowest BCUT2D eigenvalue weighted by Crippen LogP contribution is -2.38. The zero-order chi connectivity index (χ0) is 15.0. The summed E-state index contributed by atoms with van der Waals surface area (Å²) in [5.74, 6) is 0.222. The molecule has 5 nitrogen and oxygen atoms in total. The monoisotopic (exact) mass is 307 g/mol. The molecule has 1 saturated carbocycles. The Hall–Kier alpha value is -1.56. The molecule has 1 aliphatic heterocycles. The van der Waals surface area contributed by atoms with Crippen LogP contribution in [0, 0.1) is 11.3 Å². The number of likely N-dealkylation sites (tertiary alicyclic amines) is 1. The number of carbonyl (C=O) groups is 2. The molecule has 3 amide bonds. The summed E-state index contributed by atoms with van der Waals surface area (Å²) in [5, 5.41) is 5.04. The van der Waals surface area contributed by atoms with E-state index in [1.807, 2.05) is 22.4 Å². The lowest BCUT2D eigenvalue weighted by molar-refractivity contribution is -0.123. The Morgan fingerprint density at radius 2 is 2.33 bits per heavy atom. The Morgan fingerprint density at radius 1 is 1.52 bits per heavy atom. The maximum atomic E-state index is 12.3. The van der Waals surface area contributed by atoms with Gasteiger partial charge in [-0.25, -0.2) is 4.79 Å². The van der Waals surface area contributed by atoms with Gasteiger partial charge in [-0.15, -0.1) is 11.3 Å². The van der Waals surface area contributed by atoms with Crippen molar-refractivity contribution in [3.05, 3.63) is 22.4 Å². The standard InChI is InChI=1S/C15H21N3O2S/c1-17(2)14(20)18-6-5-15(10-18)8-12(15)13(19)16-9-11-4-3-7-21-11/h3-4,7,12H,5-6,8-10H2,1-2H3,(H,16,19)/t12-,15-/m1/s1. The molecule has 1 aliphatic carbocycles. The first-order valence-electron chi connectivity index (χ1n) is 7.28. The van der Waals surface area contributed by atoms with E-state index in [1.54, 1.807) is 30.3 Å². The number of hydrogen-bond donors (Lipinski definition) is 1. The van der Waals surface area contributed by atoms with Gasteiger partial charge in [0.2, 0.25) is 5.91 Å². The van der Waals surface area contributed by atoms with Gasteiger partial charge in [-0.3, -0.25) is 4.79 Å². The summed E-state index contributed by atoms with van der Waals surface area (Å²) in [5.41, 5.74) is 0.0468. The molecule has 1 spiro atoms. The SMILES string of the molecule is CN(C)C(=O)N1CC[C@@]2(C[C@@H]2C(=O)NCc2cccs2)C1. The minimum atomic E-state index is 0.0468. The first-order chi connectivity index (χ1) is 10.0. The molecular weight excluding hydrogens is 286 g/mol. The predicted octanol–water partition coefficient (Wildman–Crippen LogP) is 1.76. The van der Waals surface area contributed by atoms with Crippen molar-refractivity contribution in [1.29, 1.82) is 0 Å². The van der Waals surface area contributed by atoms with Gasteiger partial charge in [0.25, 0.3) is 0 Å². The van der Waals surface area contributed by atoms with Gasteiger partial charge in [-0.1, -0.05) is 6.07 Å². The van der Waals surface area contributed by atoms with Crippen LogP contribution < -0.4 is 5.32 Å². The molecule has 1 aromatic rings. The van der Waals surface area contributed by atoms with Crippen molar-refractivity contribution in [3.8, 4) is 0 Å². The summed E-state index contributed by atoms with van der Waals surface area (Å²) in [7, 11) is 3.54. The van der Waals surface area contributed by atoms with E-state index in [0.29, 0.717) is 6.54 Å². The number of rotatable bonds is 3. The molecule has 3 rings (SSSR count). The van der Waals surface area contributed by atoms with E-state index in [0.717, 1.165) is 25.9 Å². The zero-order valence-corrected chi connectivity index (χ0v) is 13.3. The van der Waals surface area contributed by atoms with Gasteiger partial charge in [-0.05, 0) is 24.3 Å². The average Bonchev–Trinajstić information content (AvgIpc) is 2.83. The van der Waals surface area contributed by atoms with E-state index < -0.39 is 0 Å². The van der Waals surface area contributed by atoms with E-state index in [9.17, 15) is 9.59 Å².